The van der Waals surface area contributed by atoms with Crippen LogP contribution >= 0.6 is 15.9 Å². The molecule has 5 nitrogen and oxygen atoms in total. The Morgan fingerprint density at radius 1 is 1.04 bits per heavy atom. The highest BCUT2D eigenvalue weighted by atomic mass is 79.9. The van der Waals surface area contributed by atoms with E-state index < -0.39 is 19.9 Å². The zero-order valence-corrected chi connectivity index (χ0v) is 16.4. The van der Waals surface area contributed by atoms with Crippen LogP contribution in [0.25, 0.3) is 10.9 Å². The van der Waals surface area contributed by atoms with Gasteiger partial charge in [-0.1, -0.05) is 33.6 Å². The van der Waals surface area contributed by atoms with E-state index in [2.05, 4.69) is 15.9 Å². The Kier molecular flexibility index (Phi) is 3.65. The first-order chi connectivity index (χ1) is 11.7. The van der Waals surface area contributed by atoms with E-state index in [0.717, 1.165) is 10.0 Å². The Balaban J connectivity index is 2.07. The summed E-state index contributed by atoms with van der Waals surface area (Å²) in [6, 6.07) is 11.8. The second-order valence-corrected chi connectivity index (χ2v) is 11.0. The molecule has 0 bridgehead atoms. The number of aryl methyl sites for hydroxylation is 1. The van der Waals surface area contributed by atoms with Gasteiger partial charge < -0.3 is 0 Å². The largest absolute Gasteiger partial charge is 0.268 e. The average molecular weight is 440 g/mol. The van der Waals surface area contributed by atoms with Crippen molar-refractivity contribution in [2.75, 3.05) is 0 Å². The molecule has 0 aliphatic carbocycles. The van der Waals surface area contributed by atoms with Crippen LogP contribution in [0, 0.1) is 6.92 Å². The molecule has 0 N–H and O–H groups in total. The van der Waals surface area contributed by atoms with Crippen molar-refractivity contribution >= 4 is 46.7 Å². The lowest BCUT2D eigenvalue weighted by Gasteiger charge is -2.11. The fourth-order valence-electron chi connectivity index (χ4n) is 3.23. The number of halogens is 1. The molecule has 2 aromatic carbocycles. The van der Waals surface area contributed by atoms with Gasteiger partial charge in [0.05, 0.1) is 27.6 Å². The molecule has 0 saturated carbocycles. The molecule has 0 spiro atoms. The van der Waals surface area contributed by atoms with E-state index >= 15 is 0 Å². The summed E-state index contributed by atoms with van der Waals surface area (Å²) in [5, 5.41) is 0.654. The maximum absolute atomic E-state index is 13.2. The standard InChI is InChI=1S/C17H14BrNO4S2/c1-11-2-5-13(6-3-11)25(22,23)19-16-7-4-12(18)8-14(16)15-9-24(20,21)10-17(15)19/h2-8H,9-10H2,1H3. The summed E-state index contributed by atoms with van der Waals surface area (Å²) < 4.78 is 52.7. The zero-order chi connectivity index (χ0) is 18.0. The molecule has 1 aliphatic heterocycles. The number of nitrogens with zero attached hydrogens (tertiary/aromatic N) is 1. The zero-order valence-electron chi connectivity index (χ0n) is 13.2. The lowest BCUT2D eigenvalue weighted by molar-refractivity contribution is 0.587. The molecule has 25 heavy (non-hydrogen) atoms. The average Bonchev–Trinajstić information content (AvgIpc) is 2.98. The number of benzene rings is 2. The van der Waals surface area contributed by atoms with E-state index in [1.807, 2.05) is 6.92 Å². The minimum Gasteiger partial charge on any atom is -0.237 e. The van der Waals surface area contributed by atoms with Crippen LogP contribution in [0.3, 0.4) is 0 Å². The Hall–Kier alpha value is -1.64. The van der Waals surface area contributed by atoms with Crippen molar-refractivity contribution in [3.8, 4) is 0 Å². The summed E-state index contributed by atoms with van der Waals surface area (Å²) in [6.07, 6.45) is 0. The van der Waals surface area contributed by atoms with Gasteiger partial charge in [-0.2, -0.15) is 0 Å². The summed E-state index contributed by atoms with van der Waals surface area (Å²) in [7, 11) is -7.23. The molecule has 130 valence electrons. The molecule has 0 atom stereocenters. The maximum Gasteiger partial charge on any atom is 0.268 e. The summed E-state index contributed by atoms with van der Waals surface area (Å²) in [4.78, 5) is 0.144. The number of hydrogen-bond acceptors (Lipinski definition) is 4. The molecule has 4 rings (SSSR count). The van der Waals surface area contributed by atoms with Gasteiger partial charge in [0.15, 0.2) is 9.84 Å². The Bertz CT molecular complexity index is 1220. The molecule has 0 saturated heterocycles. The van der Waals surface area contributed by atoms with Gasteiger partial charge in [-0.05, 0) is 42.8 Å². The predicted octanol–water partition coefficient (Wildman–Crippen LogP) is 3.38. The van der Waals surface area contributed by atoms with Crippen LogP contribution < -0.4 is 0 Å². The molecule has 2 heterocycles. The molecule has 0 fully saturated rings. The number of fused-ring (bicyclic) bond motifs is 3. The molecule has 0 amide bonds. The summed E-state index contributed by atoms with van der Waals surface area (Å²) in [5.41, 5.74) is 2.37. The summed E-state index contributed by atoms with van der Waals surface area (Å²) in [6.45, 7) is 1.88. The number of hydrogen-bond donors (Lipinski definition) is 0. The van der Waals surface area contributed by atoms with Crippen LogP contribution in [-0.4, -0.2) is 20.8 Å². The van der Waals surface area contributed by atoms with Crippen LogP contribution in [0.1, 0.15) is 16.8 Å². The Morgan fingerprint density at radius 3 is 2.40 bits per heavy atom. The smallest absolute Gasteiger partial charge is 0.237 e. The van der Waals surface area contributed by atoms with Crippen molar-refractivity contribution in [3.63, 3.8) is 0 Å². The van der Waals surface area contributed by atoms with Crippen LogP contribution in [0.4, 0.5) is 0 Å². The second-order valence-electron chi connectivity index (χ2n) is 6.20. The van der Waals surface area contributed by atoms with Gasteiger partial charge in [0.2, 0.25) is 0 Å². The summed E-state index contributed by atoms with van der Waals surface area (Å²) >= 11 is 3.37. The van der Waals surface area contributed by atoms with Gasteiger partial charge >= 0.3 is 0 Å². The van der Waals surface area contributed by atoms with E-state index in [9.17, 15) is 16.8 Å². The highest BCUT2D eigenvalue weighted by Gasteiger charge is 2.35. The van der Waals surface area contributed by atoms with Crippen molar-refractivity contribution in [1.82, 2.24) is 3.97 Å². The van der Waals surface area contributed by atoms with Crippen molar-refractivity contribution in [1.29, 1.82) is 0 Å². The first kappa shape index (κ1) is 16.8. The highest BCUT2D eigenvalue weighted by Crippen LogP contribution is 2.38. The molecule has 0 radical (unpaired) electrons. The van der Waals surface area contributed by atoms with Gasteiger partial charge in [-0.15, -0.1) is 0 Å². The van der Waals surface area contributed by atoms with Gasteiger partial charge in [-0.3, -0.25) is 0 Å². The number of sulfone groups is 1. The minimum absolute atomic E-state index is 0.133. The quantitative estimate of drug-likeness (QED) is 0.613. The van der Waals surface area contributed by atoms with Gasteiger partial charge in [-0.25, -0.2) is 20.8 Å². The van der Waals surface area contributed by atoms with E-state index in [1.165, 1.54) is 3.97 Å². The van der Waals surface area contributed by atoms with Crippen LogP contribution in [-0.2, 0) is 31.4 Å². The number of aromatic nitrogens is 1. The van der Waals surface area contributed by atoms with E-state index in [4.69, 9.17) is 0 Å². The third kappa shape index (κ3) is 2.63. The normalized spacial score (nSPS) is 16.2. The number of rotatable bonds is 2. The molecule has 3 aromatic rings. The monoisotopic (exact) mass is 439 g/mol. The van der Waals surface area contributed by atoms with E-state index in [1.54, 1.807) is 42.5 Å². The SMILES string of the molecule is Cc1ccc(S(=O)(=O)n2c3c(c4cc(Br)ccc42)CS(=O)(=O)C3)cc1. The van der Waals surface area contributed by atoms with E-state index in [0.29, 0.717) is 22.2 Å². The Labute approximate surface area is 154 Å². The van der Waals surface area contributed by atoms with Crippen LogP contribution in [0.2, 0.25) is 0 Å². The van der Waals surface area contributed by atoms with Gasteiger partial charge in [0.25, 0.3) is 10.0 Å². The Morgan fingerprint density at radius 2 is 1.72 bits per heavy atom. The molecule has 1 aromatic heterocycles. The van der Waals surface area contributed by atoms with E-state index in [-0.39, 0.29) is 16.4 Å². The topological polar surface area (TPSA) is 73.2 Å². The van der Waals surface area contributed by atoms with Crippen molar-refractivity contribution in [2.24, 2.45) is 0 Å². The first-order valence-corrected chi connectivity index (χ1v) is 11.6. The minimum atomic E-state index is -3.89. The van der Waals surface area contributed by atoms with Crippen LogP contribution in [0.5, 0.6) is 0 Å². The summed E-state index contributed by atoms with van der Waals surface area (Å²) in [5.74, 6) is -0.397. The molecule has 1 aliphatic rings. The van der Waals surface area contributed by atoms with Gasteiger partial charge in [0.1, 0.15) is 0 Å². The molecular formula is C17H14BrNO4S2. The molecular weight excluding hydrogens is 426 g/mol. The third-order valence-electron chi connectivity index (χ3n) is 4.38. The van der Waals surface area contributed by atoms with Gasteiger partial charge in [0, 0.05) is 9.86 Å². The third-order valence-corrected chi connectivity index (χ3v) is 8.08. The van der Waals surface area contributed by atoms with Crippen molar-refractivity contribution < 1.29 is 16.8 Å². The predicted molar refractivity (Wildman–Crippen MR) is 99.7 cm³/mol. The second kappa shape index (κ2) is 5.43. The molecule has 8 heteroatoms. The van der Waals surface area contributed by atoms with Crippen molar-refractivity contribution in [2.45, 2.75) is 23.3 Å². The van der Waals surface area contributed by atoms with Crippen LogP contribution in [0.15, 0.2) is 51.8 Å². The fourth-order valence-corrected chi connectivity index (χ4v) is 6.83. The lowest BCUT2D eigenvalue weighted by Crippen LogP contribution is -2.16. The first-order valence-electron chi connectivity index (χ1n) is 7.53. The van der Waals surface area contributed by atoms with Crippen molar-refractivity contribution in [3.05, 3.63) is 63.8 Å². The highest BCUT2D eigenvalue weighted by molar-refractivity contribution is 9.10. The lowest BCUT2D eigenvalue weighted by atomic mass is 10.2. The maximum atomic E-state index is 13.2. The fraction of sp³-hybridized carbons (Fsp3) is 0.176. The molecule has 0 unspecified atom stereocenters.